The van der Waals surface area contributed by atoms with Crippen LogP contribution < -0.4 is 16.0 Å². The van der Waals surface area contributed by atoms with Crippen molar-refractivity contribution in [2.24, 2.45) is 4.99 Å². The number of carbonyl (C=O) groups is 1. The van der Waals surface area contributed by atoms with E-state index in [-0.39, 0.29) is 11.9 Å². The summed E-state index contributed by atoms with van der Waals surface area (Å²) in [6, 6.07) is 16.2. The molecule has 0 heterocycles. The second kappa shape index (κ2) is 10.4. The van der Waals surface area contributed by atoms with Gasteiger partial charge >= 0.3 is 0 Å². The molecule has 2 rings (SSSR count). The molecule has 0 radical (unpaired) electrons. The Bertz CT molecular complexity index is 768. The van der Waals surface area contributed by atoms with Crippen LogP contribution in [-0.4, -0.2) is 25.0 Å². The van der Waals surface area contributed by atoms with Crippen LogP contribution in [-0.2, 0) is 13.1 Å². The molecule has 1 amide bonds. The van der Waals surface area contributed by atoms with E-state index in [4.69, 9.17) is 0 Å². The van der Waals surface area contributed by atoms with Crippen LogP contribution in [0.1, 0.15) is 47.3 Å². The smallest absolute Gasteiger partial charge is 0.251 e. The van der Waals surface area contributed by atoms with E-state index in [2.05, 4.69) is 59.1 Å². The van der Waals surface area contributed by atoms with E-state index in [1.807, 2.05) is 31.2 Å². The SMILES string of the molecule is CCC(C)NC(=O)c1ccc(CNC(=NC)NCc2cccc(C)c2)cc1. The fourth-order valence-corrected chi connectivity index (χ4v) is 2.60. The highest BCUT2D eigenvalue weighted by atomic mass is 16.1. The predicted octanol–water partition coefficient (Wildman–Crippen LogP) is 3.39. The predicted molar refractivity (Wildman–Crippen MR) is 112 cm³/mol. The summed E-state index contributed by atoms with van der Waals surface area (Å²) in [5.41, 5.74) is 4.24. The Balaban J connectivity index is 1.84. The van der Waals surface area contributed by atoms with Crippen molar-refractivity contribution in [2.45, 2.75) is 46.3 Å². The second-order valence-electron chi connectivity index (χ2n) is 6.75. The summed E-state index contributed by atoms with van der Waals surface area (Å²) >= 11 is 0. The van der Waals surface area contributed by atoms with Gasteiger partial charge in [0.1, 0.15) is 0 Å². The van der Waals surface area contributed by atoms with E-state index >= 15 is 0 Å². The topological polar surface area (TPSA) is 65.5 Å². The molecule has 0 saturated carbocycles. The molecule has 1 atom stereocenters. The molecule has 3 N–H and O–H groups in total. The van der Waals surface area contributed by atoms with Gasteiger partial charge in [-0.15, -0.1) is 0 Å². The van der Waals surface area contributed by atoms with Gasteiger partial charge in [0.25, 0.3) is 5.91 Å². The van der Waals surface area contributed by atoms with Crippen LogP contribution in [0.25, 0.3) is 0 Å². The van der Waals surface area contributed by atoms with Crippen LogP contribution in [0.3, 0.4) is 0 Å². The average molecular weight is 367 g/mol. The van der Waals surface area contributed by atoms with Crippen LogP contribution in [0.4, 0.5) is 0 Å². The first-order valence-electron chi connectivity index (χ1n) is 9.41. The minimum atomic E-state index is -0.0282. The van der Waals surface area contributed by atoms with Gasteiger partial charge in [-0.25, -0.2) is 0 Å². The minimum Gasteiger partial charge on any atom is -0.352 e. The maximum atomic E-state index is 12.1. The monoisotopic (exact) mass is 366 g/mol. The number of aliphatic imine (C=N–C) groups is 1. The molecule has 0 saturated heterocycles. The van der Waals surface area contributed by atoms with Crippen molar-refractivity contribution >= 4 is 11.9 Å². The number of hydrogen-bond acceptors (Lipinski definition) is 2. The lowest BCUT2D eigenvalue weighted by Gasteiger charge is -2.13. The third-order valence-corrected chi connectivity index (χ3v) is 4.43. The first-order valence-corrected chi connectivity index (χ1v) is 9.41. The molecule has 5 nitrogen and oxygen atoms in total. The van der Waals surface area contributed by atoms with Gasteiger partial charge in [-0.2, -0.15) is 0 Å². The molecule has 144 valence electrons. The molecule has 27 heavy (non-hydrogen) atoms. The fraction of sp³-hybridized carbons (Fsp3) is 0.364. The lowest BCUT2D eigenvalue weighted by molar-refractivity contribution is 0.0939. The number of benzene rings is 2. The number of aryl methyl sites for hydroxylation is 1. The molecule has 0 aliphatic heterocycles. The molecular formula is C22H30N4O. The standard InChI is InChI=1S/C22H30N4O/c1-5-17(3)26-21(27)20-11-9-18(10-12-20)14-24-22(23-4)25-15-19-8-6-7-16(2)13-19/h6-13,17H,5,14-15H2,1-4H3,(H,26,27)(H2,23,24,25). The Labute approximate surface area is 162 Å². The molecule has 0 aromatic heterocycles. The number of guanidine groups is 1. The normalized spacial score (nSPS) is 12.4. The third-order valence-electron chi connectivity index (χ3n) is 4.43. The van der Waals surface area contributed by atoms with Crippen molar-refractivity contribution in [3.8, 4) is 0 Å². The summed E-state index contributed by atoms with van der Waals surface area (Å²) in [6.07, 6.45) is 0.919. The van der Waals surface area contributed by atoms with Crippen LogP contribution in [0, 0.1) is 6.92 Å². The largest absolute Gasteiger partial charge is 0.352 e. The maximum absolute atomic E-state index is 12.1. The van der Waals surface area contributed by atoms with Crippen LogP contribution in [0.5, 0.6) is 0 Å². The zero-order valence-corrected chi connectivity index (χ0v) is 16.7. The highest BCUT2D eigenvalue weighted by Crippen LogP contribution is 2.06. The van der Waals surface area contributed by atoms with E-state index in [0.717, 1.165) is 24.5 Å². The molecule has 0 fully saturated rings. The summed E-state index contributed by atoms with van der Waals surface area (Å²) in [7, 11) is 1.76. The van der Waals surface area contributed by atoms with E-state index in [0.29, 0.717) is 12.1 Å². The highest BCUT2D eigenvalue weighted by Gasteiger charge is 2.08. The molecule has 5 heteroatoms. The van der Waals surface area contributed by atoms with Crippen molar-refractivity contribution in [3.63, 3.8) is 0 Å². The number of rotatable bonds is 7. The van der Waals surface area contributed by atoms with Crippen LogP contribution in [0.15, 0.2) is 53.5 Å². The molecule has 1 unspecified atom stereocenters. The van der Waals surface area contributed by atoms with Gasteiger partial charge in [0.2, 0.25) is 0 Å². The van der Waals surface area contributed by atoms with Gasteiger partial charge in [-0.3, -0.25) is 9.79 Å². The number of carbonyl (C=O) groups excluding carboxylic acids is 1. The summed E-state index contributed by atoms with van der Waals surface area (Å²) in [4.78, 5) is 16.4. The first kappa shape index (κ1) is 20.5. The van der Waals surface area contributed by atoms with Crippen molar-refractivity contribution in [3.05, 3.63) is 70.8 Å². The molecule has 0 spiro atoms. The van der Waals surface area contributed by atoms with Gasteiger partial charge in [-0.1, -0.05) is 48.9 Å². The zero-order valence-electron chi connectivity index (χ0n) is 16.7. The summed E-state index contributed by atoms with van der Waals surface area (Å²) in [5.74, 6) is 0.717. The van der Waals surface area contributed by atoms with Crippen molar-refractivity contribution in [1.29, 1.82) is 0 Å². The molecule has 0 aliphatic carbocycles. The van der Waals surface area contributed by atoms with E-state index in [1.165, 1.54) is 11.1 Å². The maximum Gasteiger partial charge on any atom is 0.251 e. The average Bonchev–Trinajstić information content (AvgIpc) is 2.68. The second-order valence-corrected chi connectivity index (χ2v) is 6.75. The molecular weight excluding hydrogens is 336 g/mol. The third kappa shape index (κ3) is 6.77. The Morgan fingerprint density at radius 1 is 1.04 bits per heavy atom. The summed E-state index contributed by atoms with van der Waals surface area (Å²) < 4.78 is 0. The Morgan fingerprint density at radius 2 is 1.70 bits per heavy atom. The highest BCUT2D eigenvalue weighted by molar-refractivity contribution is 5.94. The Kier molecular flexibility index (Phi) is 7.86. The van der Waals surface area contributed by atoms with Gasteiger partial charge in [0.15, 0.2) is 5.96 Å². The number of amides is 1. The van der Waals surface area contributed by atoms with E-state index < -0.39 is 0 Å². The van der Waals surface area contributed by atoms with Crippen molar-refractivity contribution in [1.82, 2.24) is 16.0 Å². The van der Waals surface area contributed by atoms with Crippen LogP contribution in [0.2, 0.25) is 0 Å². The van der Waals surface area contributed by atoms with Gasteiger partial charge < -0.3 is 16.0 Å². The fourth-order valence-electron chi connectivity index (χ4n) is 2.60. The number of nitrogens with zero attached hydrogens (tertiary/aromatic N) is 1. The Hall–Kier alpha value is -2.82. The number of hydrogen-bond donors (Lipinski definition) is 3. The first-order chi connectivity index (χ1) is 13.0. The van der Waals surface area contributed by atoms with E-state index in [9.17, 15) is 4.79 Å². The van der Waals surface area contributed by atoms with Crippen LogP contribution >= 0.6 is 0 Å². The minimum absolute atomic E-state index is 0.0282. The van der Waals surface area contributed by atoms with Crippen molar-refractivity contribution < 1.29 is 4.79 Å². The summed E-state index contributed by atoms with van der Waals surface area (Å²) in [6.45, 7) is 7.51. The molecule has 2 aromatic carbocycles. The molecule has 0 aliphatic rings. The molecule has 2 aromatic rings. The Morgan fingerprint density at radius 3 is 2.30 bits per heavy atom. The molecule has 0 bridgehead atoms. The summed E-state index contributed by atoms with van der Waals surface area (Å²) in [5, 5.41) is 9.59. The van der Waals surface area contributed by atoms with Gasteiger partial charge in [-0.05, 0) is 43.5 Å². The van der Waals surface area contributed by atoms with Crippen molar-refractivity contribution in [2.75, 3.05) is 7.05 Å². The quantitative estimate of drug-likeness (QED) is 0.520. The zero-order chi connectivity index (χ0) is 19.6. The van der Waals surface area contributed by atoms with E-state index in [1.54, 1.807) is 7.05 Å². The van der Waals surface area contributed by atoms with Gasteiger partial charge in [0.05, 0.1) is 0 Å². The lowest BCUT2D eigenvalue weighted by Crippen LogP contribution is -2.36. The van der Waals surface area contributed by atoms with Gasteiger partial charge in [0, 0.05) is 31.7 Å². The lowest BCUT2D eigenvalue weighted by atomic mass is 10.1. The number of nitrogens with one attached hydrogen (secondary N) is 3.